The number of rotatable bonds is 3. The Hall–Kier alpha value is -2.22. The van der Waals surface area contributed by atoms with Crippen molar-refractivity contribution in [2.45, 2.75) is 6.61 Å². The van der Waals surface area contributed by atoms with Gasteiger partial charge in [-0.15, -0.1) is 0 Å². The van der Waals surface area contributed by atoms with Gasteiger partial charge in [0.25, 0.3) is 5.88 Å². The van der Waals surface area contributed by atoms with Crippen LogP contribution in [0.25, 0.3) is 11.2 Å². The number of hydrogen-bond donors (Lipinski definition) is 2. The van der Waals surface area contributed by atoms with Crippen LogP contribution in [0.1, 0.15) is 5.56 Å². The quantitative estimate of drug-likeness (QED) is 0.761. The molecule has 3 heterocycles. The van der Waals surface area contributed by atoms with Gasteiger partial charge in [-0.05, 0) is 22.0 Å². The van der Waals surface area contributed by atoms with Crippen LogP contribution >= 0.6 is 15.9 Å². The molecule has 0 radical (unpaired) electrons. The van der Waals surface area contributed by atoms with Crippen molar-refractivity contribution in [3.05, 3.63) is 35.0 Å². The first-order chi connectivity index (χ1) is 9.24. The zero-order chi connectivity index (χ0) is 13.2. The van der Waals surface area contributed by atoms with E-state index in [0.717, 1.165) is 11.1 Å². The van der Waals surface area contributed by atoms with Crippen molar-refractivity contribution in [2.24, 2.45) is 0 Å². The van der Waals surface area contributed by atoms with Crippen LogP contribution in [0.4, 0.5) is 5.82 Å². The molecule has 3 rings (SSSR count). The van der Waals surface area contributed by atoms with Crippen LogP contribution in [0.15, 0.2) is 29.4 Å². The Balaban J connectivity index is 1.86. The second kappa shape index (κ2) is 4.81. The Morgan fingerprint density at radius 1 is 1.32 bits per heavy atom. The molecular formula is C11H9BrN6O. The second-order valence-corrected chi connectivity index (χ2v) is 4.56. The van der Waals surface area contributed by atoms with Crippen molar-refractivity contribution in [3.63, 3.8) is 0 Å². The van der Waals surface area contributed by atoms with E-state index in [-0.39, 0.29) is 5.82 Å². The summed E-state index contributed by atoms with van der Waals surface area (Å²) in [7, 11) is 0. The van der Waals surface area contributed by atoms with Crippen molar-refractivity contribution < 1.29 is 4.74 Å². The highest BCUT2D eigenvalue weighted by Crippen LogP contribution is 2.20. The van der Waals surface area contributed by atoms with Gasteiger partial charge in [-0.1, -0.05) is 0 Å². The zero-order valence-corrected chi connectivity index (χ0v) is 11.3. The number of nitrogen functional groups attached to an aromatic ring is 1. The maximum absolute atomic E-state index is 5.69. The molecule has 0 aliphatic carbocycles. The average molecular weight is 321 g/mol. The first-order valence-corrected chi connectivity index (χ1v) is 6.21. The van der Waals surface area contributed by atoms with Crippen LogP contribution in [0.5, 0.6) is 5.88 Å². The Morgan fingerprint density at radius 2 is 2.21 bits per heavy atom. The molecule has 0 aromatic carbocycles. The van der Waals surface area contributed by atoms with Crippen molar-refractivity contribution >= 4 is 32.9 Å². The summed E-state index contributed by atoms with van der Waals surface area (Å²) in [5.41, 5.74) is 8.10. The lowest BCUT2D eigenvalue weighted by atomic mass is 10.2. The number of aromatic nitrogens is 5. The largest absolute Gasteiger partial charge is 0.470 e. The molecule has 0 amide bonds. The topological polar surface area (TPSA) is 103 Å². The van der Waals surface area contributed by atoms with Crippen LogP contribution in [0.3, 0.4) is 0 Å². The molecule has 0 aliphatic rings. The summed E-state index contributed by atoms with van der Waals surface area (Å²) >= 11 is 3.22. The van der Waals surface area contributed by atoms with Crippen molar-refractivity contribution in [1.29, 1.82) is 0 Å². The van der Waals surface area contributed by atoms with Gasteiger partial charge in [-0.3, -0.25) is 0 Å². The van der Waals surface area contributed by atoms with E-state index in [4.69, 9.17) is 10.5 Å². The third-order valence-electron chi connectivity index (χ3n) is 2.52. The first-order valence-electron chi connectivity index (χ1n) is 5.42. The molecule has 0 fully saturated rings. The van der Waals surface area contributed by atoms with E-state index < -0.39 is 0 Å². The molecule has 0 atom stereocenters. The van der Waals surface area contributed by atoms with Gasteiger partial charge < -0.3 is 15.5 Å². The fraction of sp³-hybridized carbons (Fsp3) is 0.0909. The zero-order valence-electron chi connectivity index (χ0n) is 9.67. The molecule has 0 aliphatic heterocycles. The second-order valence-electron chi connectivity index (χ2n) is 3.74. The lowest BCUT2D eigenvalue weighted by Gasteiger charge is -2.07. The minimum absolute atomic E-state index is 0.248. The van der Waals surface area contributed by atoms with Crippen LogP contribution in [-0.2, 0) is 6.61 Å². The van der Waals surface area contributed by atoms with Gasteiger partial charge >= 0.3 is 0 Å². The molecule has 96 valence electrons. The molecule has 3 aromatic rings. The molecule has 0 saturated carbocycles. The van der Waals surface area contributed by atoms with E-state index >= 15 is 0 Å². The lowest BCUT2D eigenvalue weighted by Crippen LogP contribution is -2.03. The predicted octanol–water partition coefficient (Wildman–Crippen LogP) is 1.67. The SMILES string of the molecule is Nc1ncc(Br)nc1OCc1ccnc2nc[nH]c12. The Bertz CT molecular complexity index is 728. The van der Waals surface area contributed by atoms with Gasteiger partial charge in [0.2, 0.25) is 0 Å². The number of aromatic amines is 1. The van der Waals surface area contributed by atoms with Crippen LogP contribution in [-0.4, -0.2) is 24.9 Å². The summed E-state index contributed by atoms with van der Waals surface area (Å²) in [4.78, 5) is 19.3. The number of ether oxygens (including phenoxy) is 1. The third kappa shape index (κ3) is 2.34. The number of nitrogens with one attached hydrogen (secondary N) is 1. The number of hydrogen-bond acceptors (Lipinski definition) is 6. The normalized spacial score (nSPS) is 10.8. The van der Waals surface area contributed by atoms with E-state index in [1.165, 1.54) is 6.20 Å². The van der Waals surface area contributed by atoms with Gasteiger partial charge in [0.05, 0.1) is 18.0 Å². The standard InChI is InChI=1S/C11H9BrN6O/c12-7-3-15-9(13)11(18-7)19-4-6-1-2-14-10-8(6)16-5-17-10/h1-3,5H,4H2,(H2,13,15)(H,14,16,17). The number of anilines is 1. The smallest absolute Gasteiger partial charge is 0.258 e. The van der Waals surface area contributed by atoms with Crippen molar-refractivity contribution in [1.82, 2.24) is 24.9 Å². The maximum atomic E-state index is 5.69. The van der Waals surface area contributed by atoms with E-state index in [2.05, 4.69) is 40.8 Å². The minimum Gasteiger partial charge on any atom is -0.470 e. The highest BCUT2D eigenvalue weighted by atomic mass is 79.9. The first kappa shape index (κ1) is 11.8. The number of nitrogens with two attached hydrogens (primary N) is 1. The summed E-state index contributed by atoms with van der Waals surface area (Å²) < 4.78 is 6.14. The Labute approximate surface area is 116 Å². The third-order valence-corrected chi connectivity index (χ3v) is 2.90. The lowest BCUT2D eigenvalue weighted by molar-refractivity contribution is 0.295. The average Bonchev–Trinajstić information content (AvgIpc) is 2.88. The molecule has 0 bridgehead atoms. The van der Waals surface area contributed by atoms with Crippen molar-refractivity contribution in [3.8, 4) is 5.88 Å². The number of H-pyrrole nitrogens is 1. The van der Waals surface area contributed by atoms with E-state index in [1.54, 1.807) is 12.5 Å². The highest BCUT2D eigenvalue weighted by molar-refractivity contribution is 9.10. The fourth-order valence-electron chi connectivity index (χ4n) is 1.64. The summed E-state index contributed by atoms with van der Waals surface area (Å²) in [6.07, 6.45) is 4.79. The number of halogens is 1. The summed E-state index contributed by atoms with van der Waals surface area (Å²) in [6.45, 7) is 0.302. The van der Waals surface area contributed by atoms with Gasteiger partial charge in [0, 0.05) is 11.8 Å². The van der Waals surface area contributed by atoms with E-state index in [1.807, 2.05) is 6.07 Å². The molecule has 0 saturated heterocycles. The minimum atomic E-state index is 0.248. The Kier molecular flexibility index (Phi) is 3.00. The molecule has 19 heavy (non-hydrogen) atoms. The molecule has 0 unspecified atom stereocenters. The van der Waals surface area contributed by atoms with Gasteiger partial charge in [-0.2, -0.15) is 0 Å². The predicted molar refractivity (Wildman–Crippen MR) is 72.4 cm³/mol. The molecule has 3 N–H and O–H groups in total. The molecule has 3 aromatic heterocycles. The molecule has 8 heteroatoms. The van der Waals surface area contributed by atoms with E-state index in [9.17, 15) is 0 Å². The van der Waals surface area contributed by atoms with Crippen molar-refractivity contribution in [2.75, 3.05) is 5.73 Å². The number of fused-ring (bicyclic) bond motifs is 1. The number of pyridine rings is 1. The van der Waals surface area contributed by atoms with E-state index in [0.29, 0.717) is 22.7 Å². The molecule has 0 spiro atoms. The summed E-state index contributed by atoms with van der Waals surface area (Å²) in [5, 5.41) is 0. The monoisotopic (exact) mass is 320 g/mol. The molecular weight excluding hydrogens is 312 g/mol. The highest BCUT2D eigenvalue weighted by Gasteiger charge is 2.08. The Morgan fingerprint density at radius 3 is 3.11 bits per heavy atom. The van der Waals surface area contributed by atoms with Crippen LogP contribution in [0.2, 0.25) is 0 Å². The fourth-order valence-corrected chi connectivity index (χ4v) is 1.90. The van der Waals surface area contributed by atoms with Gasteiger partial charge in [0.1, 0.15) is 11.2 Å². The van der Waals surface area contributed by atoms with Gasteiger partial charge in [-0.25, -0.2) is 19.9 Å². The van der Waals surface area contributed by atoms with Crippen LogP contribution < -0.4 is 10.5 Å². The van der Waals surface area contributed by atoms with Crippen LogP contribution in [0, 0.1) is 0 Å². The summed E-state index contributed by atoms with van der Waals surface area (Å²) in [5.74, 6) is 0.539. The van der Waals surface area contributed by atoms with Gasteiger partial charge in [0.15, 0.2) is 11.5 Å². The maximum Gasteiger partial charge on any atom is 0.258 e. The number of imidazole rings is 1. The molecule has 7 nitrogen and oxygen atoms in total. The summed E-state index contributed by atoms with van der Waals surface area (Å²) in [6, 6.07) is 1.85. The number of nitrogens with zero attached hydrogens (tertiary/aromatic N) is 4.